The molecular formula is C13H22IN3O. The molecule has 0 amide bonds. The van der Waals surface area contributed by atoms with Gasteiger partial charge in [0.05, 0.1) is 6.61 Å². The number of halogens is 1. The minimum absolute atomic E-state index is 0. The molecule has 102 valence electrons. The molecule has 0 fully saturated rings. The smallest absolute Gasteiger partial charge is 0.185 e. The van der Waals surface area contributed by atoms with Crippen LogP contribution in [0.15, 0.2) is 29.3 Å². The van der Waals surface area contributed by atoms with Gasteiger partial charge in [-0.2, -0.15) is 0 Å². The number of hydrogen-bond acceptors (Lipinski definition) is 2. The largest absolute Gasteiger partial charge is 0.494 e. The fourth-order valence-corrected chi connectivity index (χ4v) is 1.40. The highest BCUT2D eigenvalue weighted by atomic mass is 127. The molecule has 1 aromatic rings. The van der Waals surface area contributed by atoms with Crippen molar-refractivity contribution in [3.05, 3.63) is 29.8 Å². The Labute approximate surface area is 126 Å². The van der Waals surface area contributed by atoms with Crippen molar-refractivity contribution in [3.8, 4) is 5.75 Å². The molecule has 0 aromatic heterocycles. The van der Waals surface area contributed by atoms with Gasteiger partial charge in [0, 0.05) is 6.54 Å². The van der Waals surface area contributed by atoms with Crippen molar-refractivity contribution < 1.29 is 4.74 Å². The fraction of sp³-hybridized carbons (Fsp3) is 0.462. The molecule has 4 nitrogen and oxygen atoms in total. The summed E-state index contributed by atoms with van der Waals surface area (Å²) in [6.45, 7) is 3.55. The molecule has 0 bridgehead atoms. The predicted molar refractivity (Wildman–Crippen MR) is 86.6 cm³/mol. The zero-order valence-corrected chi connectivity index (χ0v) is 13.1. The molecule has 0 saturated carbocycles. The average Bonchev–Trinajstić information content (AvgIpc) is 2.31. The van der Waals surface area contributed by atoms with Crippen molar-refractivity contribution in [3.63, 3.8) is 0 Å². The van der Waals surface area contributed by atoms with E-state index < -0.39 is 0 Å². The van der Waals surface area contributed by atoms with E-state index in [1.54, 1.807) is 0 Å². The molecule has 18 heavy (non-hydrogen) atoms. The van der Waals surface area contributed by atoms with Crippen molar-refractivity contribution >= 4 is 29.9 Å². The Balaban J connectivity index is 0.00000289. The maximum absolute atomic E-state index is 5.58. The molecule has 0 unspecified atom stereocenters. The Bertz CT molecular complexity index is 348. The lowest BCUT2D eigenvalue weighted by Crippen LogP contribution is -2.23. The fourth-order valence-electron chi connectivity index (χ4n) is 1.40. The van der Waals surface area contributed by atoms with E-state index >= 15 is 0 Å². The summed E-state index contributed by atoms with van der Waals surface area (Å²) >= 11 is 0. The van der Waals surface area contributed by atoms with Gasteiger partial charge in [0.2, 0.25) is 0 Å². The highest BCUT2D eigenvalue weighted by molar-refractivity contribution is 14.0. The Morgan fingerprint density at radius 3 is 2.44 bits per heavy atom. The van der Waals surface area contributed by atoms with Gasteiger partial charge in [-0.3, -0.25) is 4.99 Å². The van der Waals surface area contributed by atoms with Crippen LogP contribution in [0.5, 0.6) is 5.75 Å². The van der Waals surface area contributed by atoms with Crippen LogP contribution in [0, 0.1) is 0 Å². The maximum Gasteiger partial charge on any atom is 0.185 e. The molecule has 0 spiro atoms. The van der Waals surface area contributed by atoms with Crippen LogP contribution in [0.1, 0.15) is 25.3 Å². The third-order valence-electron chi connectivity index (χ3n) is 2.38. The second-order valence-corrected chi connectivity index (χ2v) is 3.90. The number of ether oxygens (including phenoxy) is 1. The molecule has 0 atom stereocenters. The van der Waals surface area contributed by atoms with Gasteiger partial charge in [0.25, 0.3) is 0 Å². The molecule has 0 aliphatic carbocycles. The predicted octanol–water partition coefficient (Wildman–Crippen LogP) is 2.30. The number of hydrogen-bond donors (Lipinski definition) is 2. The zero-order valence-electron chi connectivity index (χ0n) is 10.8. The lowest BCUT2D eigenvalue weighted by molar-refractivity contribution is 0.309. The molecule has 4 N–H and O–H groups in total. The minimum Gasteiger partial charge on any atom is -0.494 e. The van der Waals surface area contributed by atoms with Crippen molar-refractivity contribution in [2.45, 2.75) is 26.2 Å². The summed E-state index contributed by atoms with van der Waals surface area (Å²) in [5.41, 5.74) is 11.7. The quantitative estimate of drug-likeness (QED) is 0.338. The van der Waals surface area contributed by atoms with Crippen LogP contribution in [-0.2, 0) is 6.42 Å². The maximum atomic E-state index is 5.58. The molecule has 1 rings (SSSR count). The van der Waals surface area contributed by atoms with E-state index in [0.717, 1.165) is 31.6 Å². The van der Waals surface area contributed by atoms with Crippen LogP contribution >= 0.6 is 24.0 Å². The van der Waals surface area contributed by atoms with Gasteiger partial charge >= 0.3 is 0 Å². The number of guanidine groups is 1. The van der Waals surface area contributed by atoms with Crippen molar-refractivity contribution in [1.82, 2.24) is 0 Å². The summed E-state index contributed by atoms with van der Waals surface area (Å²) in [7, 11) is 0. The second kappa shape index (κ2) is 9.99. The van der Waals surface area contributed by atoms with Gasteiger partial charge in [0.15, 0.2) is 5.96 Å². The average molecular weight is 363 g/mol. The molecule has 0 aliphatic rings. The van der Waals surface area contributed by atoms with Gasteiger partial charge in [-0.1, -0.05) is 25.5 Å². The second-order valence-electron chi connectivity index (χ2n) is 3.90. The van der Waals surface area contributed by atoms with E-state index in [1.165, 1.54) is 5.56 Å². The highest BCUT2D eigenvalue weighted by Gasteiger charge is 1.95. The number of benzene rings is 1. The zero-order chi connectivity index (χ0) is 12.5. The lowest BCUT2D eigenvalue weighted by Gasteiger charge is -2.06. The molecule has 5 heteroatoms. The van der Waals surface area contributed by atoms with Crippen molar-refractivity contribution in [1.29, 1.82) is 0 Å². The number of aliphatic imine (C=N–C) groups is 1. The van der Waals surface area contributed by atoms with Crippen LogP contribution in [0.2, 0.25) is 0 Å². The number of rotatable bonds is 7. The first-order valence-electron chi connectivity index (χ1n) is 5.99. The van der Waals surface area contributed by atoms with E-state index in [0.29, 0.717) is 6.54 Å². The van der Waals surface area contributed by atoms with Crippen LogP contribution < -0.4 is 16.2 Å². The Morgan fingerprint density at radius 1 is 1.22 bits per heavy atom. The summed E-state index contributed by atoms with van der Waals surface area (Å²) in [6.07, 6.45) is 3.08. The number of unbranched alkanes of at least 4 members (excludes halogenated alkanes) is 1. The van der Waals surface area contributed by atoms with Gasteiger partial charge in [-0.25, -0.2) is 0 Å². The van der Waals surface area contributed by atoms with E-state index in [-0.39, 0.29) is 29.9 Å². The number of nitrogens with zero attached hydrogens (tertiary/aromatic N) is 1. The molecule has 0 radical (unpaired) electrons. The van der Waals surface area contributed by atoms with Crippen molar-refractivity contribution in [2.75, 3.05) is 13.2 Å². The van der Waals surface area contributed by atoms with Gasteiger partial charge in [0.1, 0.15) is 5.75 Å². The summed E-state index contributed by atoms with van der Waals surface area (Å²) < 4.78 is 5.58. The molecule has 1 aromatic carbocycles. The van der Waals surface area contributed by atoms with Crippen LogP contribution in [0.3, 0.4) is 0 Å². The highest BCUT2D eigenvalue weighted by Crippen LogP contribution is 2.13. The summed E-state index contributed by atoms with van der Waals surface area (Å²) in [4.78, 5) is 3.94. The monoisotopic (exact) mass is 363 g/mol. The SMILES string of the molecule is CCCCOc1ccc(CCN=C(N)N)cc1.I. The van der Waals surface area contributed by atoms with Gasteiger partial charge in [-0.05, 0) is 30.5 Å². The Kier molecular flexibility index (Phi) is 9.45. The third kappa shape index (κ3) is 7.37. The standard InChI is InChI=1S/C13H21N3O.HI/c1-2-3-10-17-12-6-4-11(5-7-12)8-9-16-13(14)15;/h4-7H,2-3,8-10H2,1H3,(H4,14,15,16);1H. The first-order valence-corrected chi connectivity index (χ1v) is 5.99. The molecule has 0 heterocycles. The summed E-state index contributed by atoms with van der Waals surface area (Å²) in [5, 5.41) is 0. The van der Waals surface area contributed by atoms with Crippen molar-refractivity contribution in [2.24, 2.45) is 16.5 Å². The first kappa shape index (κ1) is 17.0. The van der Waals surface area contributed by atoms with E-state index in [1.807, 2.05) is 24.3 Å². The van der Waals surface area contributed by atoms with Gasteiger partial charge in [-0.15, -0.1) is 24.0 Å². The molecule has 0 saturated heterocycles. The van der Waals surface area contributed by atoms with Crippen LogP contribution in [0.25, 0.3) is 0 Å². The van der Waals surface area contributed by atoms with Crippen LogP contribution in [0.4, 0.5) is 0 Å². The lowest BCUT2D eigenvalue weighted by atomic mass is 10.1. The Morgan fingerprint density at radius 2 is 1.89 bits per heavy atom. The summed E-state index contributed by atoms with van der Waals surface area (Å²) in [5.74, 6) is 1.06. The van der Waals surface area contributed by atoms with Crippen LogP contribution in [-0.4, -0.2) is 19.1 Å². The molecular weight excluding hydrogens is 341 g/mol. The first-order chi connectivity index (χ1) is 8.22. The topological polar surface area (TPSA) is 73.6 Å². The molecule has 0 aliphatic heterocycles. The number of nitrogens with two attached hydrogens (primary N) is 2. The summed E-state index contributed by atoms with van der Waals surface area (Å²) in [6, 6.07) is 8.06. The minimum atomic E-state index is 0. The van der Waals surface area contributed by atoms with E-state index in [9.17, 15) is 0 Å². The normalized spacial score (nSPS) is 9.39. The van der Waals surface area contributed by atoms with E-state index in [4.69, 9.17) is 16.2 Å². The van der Waals surface area contributed by atoms with Gasteiger partial charge < -0.3 is 16.2 Å². The Hall–Kier alpha value is -0.980. The van der Waals surface area contributed by atoms with E-state index in [2.05, 4.69) is 11.9 Å². The third-order valence-corrected chi connectivity index (χ3v) is 2.38.